The highest BCUT2D eigenvalue weighted by molar-refractivity contribution is 6.03. The van der Waals surface area contributed by atoms with E-state index in [1.54, 1.807) is 0 Å². The lowest BCUT2D eigenvalue weighted by atomic mass is 9.55. The summed E-state index contributed by atoms with van der Waals surface area (Å²) in [6.45, 7) is 22.4. The molecule has 0 amide bonds. The number of benzene rings is 2. The van der Waals surface area contributed by atoms with Crippen molar-refractivity contribution in [2.24, 2.45) is 16.7 Å². The number of ketones is 1. The fraction of sp³-hybridized carbons (Fsp3) is 0.618. The molecule has 1 aliphatic carbocycles. The van der Waals surface area contributed by atoms with Crippen LogP contribution in [0, 0.1) is 16.7 Å². The highest BCUT2D eigenvalue weighted by Gasteiger charge is 2.53. The lowest BCUT2D eigenvalue weighted by Crippen LogP contribution is -2.58. The van der Waals surface area contributed by atoms with Crippen LogP contribution in [0.3, 0.4) is 0 Å². The van der Waals surface area contributed by atoms with Crippen LogP contribution >= 0.6 is 0 Å². The average molecular weight is 521 g/mol. The second kappa shape index (κ2) is 10.7. The summed E-state index contributed by atoms with van der Waals surface area (Å²) in [4.78, 5) is 16.3. The molecule has 0 radical (unpaired) electrons. The predicted molar refractivity (Wildman–Crippen MR) is 156 cm³/mol. The minimum Gasteiger partial charge on any atom is -0.487 e. The van der Waals surface area contributed by atoms with Crippen molar-refractivity contribution in [1.82, 2.24) is 4.90 Å². The number of Topliss-reactive ketones (excluding diaryl/α,β-unsaturated/α-hetero) is 1. The van der Waals surface area contributed by atoms with Crippen molar-refractivity contribution in [1.29, 1.82) is 0 Å². The standard InChI is InChI=1S/C34H49NO3/c1-21(2)37-30-18-27-23(5)29(32(36)28(27)19-31(30)38-22(3)4)20-34(10)16-17-35(25(7)33(34,8)9)24(6)26-14-12-11-13-15-26/h11-15,18-19,21-25,29H,16-17,20H2,1-10H3/i24D. The smallest absolute Gasteiger partial charge is 0.166 e. The molecule has 4 nitrogen and oxygen atoms in total. The molecule has 1 saturated heterocycles. The number of hydrogen-bond donors (Lipinski definition) is 0. The molecule has 1 aliphatic heterocycles. The van der Waals surface area contributed by atoms with Crippen LogP contribution in [0.25, 0.3) is 0 Å². The topological polar surface area (TPSA) is 38.8 Å². The van der Waals surface area contributed by atoms with Crippen LogP contribution in [0.4, 0.5) is 0 Å². The van der Waals surface area contributed by atoms with E-state index in [1.165, 1.54) is 0 Å². The number of nitrogens with zero attached hydrogens (tertiary/aromatic N) is 1. The van der Waals surface area contributed by atoms with Crippen molar-refractivity contribution in [2.45, 2.75) is 112 Å². The Kier molecular flexibility index (Phi) is 7.66. The zero-order valence-corrected chi connectivity index (χ0v) is 25.2. The lowest BCUT2D eigenvalue weighted by molar-refractivity contribution is -0.0884. The summed E-state index contributed by atoms with van der Waals surface area (Å²) in [5.41, 5.74) is 2.72. The minimum absolute atomic E-state index is 0.00715. The van der Waals surface area contributed by atoms with Crippen LogP contribution in [0.1, 0.15) is 117 Å². The number of hydrogen-bond acceptors (Lipinski definition) is 4. The van der Waals surface area contributed by atoms with E-state index in [9.17, 15) is 6.17 Å². The SMILES string of the molecule is [2H]C(C)(c1ccccc1)N1CCC(C)(CC2C(=O)c3cc(OC(C)C)c(OC(C)C)cc3C2C)C(C)(C)C1C. The highest BCUT2D eigenvalue weighted by Crippen LogP contribution is 2.57. The molecule has 5 unspecified atom stereocenters. The van der Waals surface area contributed by atoms with Crippen molar-refractivity contribution in [3.05, 3.63) is 59.2 Å². The van der Waals surface area contributed by atoms with E-state index in [0.717, 1.165) is 41.8 Å². The molecule has 5 atom stereocenters. The van der Waals surface area contributed by atoms with Crippen molar-refractivity contribution >= 4 is 5.78 Å². The minimum atomic E-state index is -0.814. The van der Waals surface area contributed by atoms with E-state index in [-0.39, 0.29) is 46.7 Å². The quantitative estimate of drug-likeness (QED) is 0.350. The lowest BCUT2D eigenvalue weighted by Gasteiger charge is -2.58. The Morgan fingerprint density at radius 3 is 2.13 bits per heavy atom. The monoisotopic (exact) mass is 520 g/mol. The van der Waals surface area contributed by atoms with Gasteiger partial charge in [-0.15, -0.1) is 0 Å². The first kappa shape index (κ1) is 27.2. The third-order valence-electron chi connectivity index (χ3n) is 9.80. The maximum absolute atomic E-state index is 14.0. The first-order valence-electron chi connectivity index (χ1n) is 15.0. The zero-order chi connectivity index (χ0) is 28.9. The number of ether oxygens (including phenoxy) is 2. The number of likely N-dealkylation sites (tertiary alicyclic amines) is 1. The largest absolute Gasteiger partial charge is 0.487 e. The van der Waals surface area contributed by atoms with E-state index >= 15 is 0 Å². The number of carbonyl (C=O) groups excluding carboxylic acids is 1. The first-order chi connectivity index (χ1) is 18.1. The van der Waals surface area contributed by atoms with Gasteiger partial charge >= 0.3 is 0 Å². The summed E-state index contributed by atoms with van der Waals surface area (Å²) < 4.78 is 21.6. The fourth-order valence-electron chi connectivity index (χ4n) is 6.70. The highest BCUT2D eigenvalue weighted by atomic mass is 16.5. The summed E-state index contributed by atoms with van der Waals surface area (Å²) in [6, 6.07) is 13.5. The average Bonchev–Trinajstić information content (AvgIpc) is 3.07. The Morgan fingerprint density at radius 2 is 1.55 bits per heavy atom. The van der Waals surface area contributed by atoms with Gasteiger partial charge in [0.25, 0.3) is 0 Å². The summed E-state index contributed by atoms with van der Waals surface area (Å²) >= 11 is 0. The maximum atomic E-state index is 14.0. The van der Waals surface area contributed by atoms with E-state index in [1.807, 2.05) is 58.9 Å². The second-order valence-corrected chi connectivity index (χ2v) is 13.0. The predicted octanol–water partition coefficient (Wildman–Crippen LogP) is 8.46. The summed E-state index contributed by atoms with van der Waals surface area (Å²) in [5, 5.41) is 0. The third kappa shape index (κ3) is 5.13. The normalized spacial score (nSPS) is 29.2. The van der Waals surface area contributed by atoms with Crippen LogP contribution in [0.2, 0.25) is 0 Å². The summed E-state index contributed by atoms with van der Waals surface area (Å²) in [6.07, 6.45) is 1.79. The van der Waals surface area contributed by atoms with Gasteiger partial charge in [-0.1, -0.05) is 58.0 Å². The Bertz CT molecular complexity index is 1190. The van der Waals surface area contributed by atoms with Gasteiger partial charge in [-0.3, -0.25) is 9.69 Å². The van der Waals surface area contributed by atoms with Gasteiger partial charge < -0.3 is 9.47 Å². The van der Waals surface area contributed by atoms with E-state index < -0.39 is 6.02 Å². The first-order valence-corrected chi connectivity index (χ1v) is 14.5. The van der Waals surface area contributed by atoms with Crippen molar-refractivity contribution in [3.8, 4) is 11.5 Å². The van der Waals surface area contributed by atoms with Gasteiger partial charge in [0.1, 0.15) is 0 Å². The molecule has 208 valence electrons. The van der Waals surface area contributed by atoms with E-state index in [4.69, 9.17) is 9.47 Å². The Hall–Kier alpha value is -2.33. The number of rotatable bonds is 8. The van der Waals surface area contributed by atoms with Crippen molar-refractivity contribution in [3.63, 3.8) is 0 Å². The Morgan fingerprint density at radius 1 is 0.974 bits per heavy atom. The van der Waals surface area contributed by atoms with Crippen LogP contribution < -0.4 is 9.47 Å². The van der Waals surface area contributed by atoms with Gasteiger partial charge in [-0.25, -0.2) is 0 Å². The molecule has 38 heavy (non-hydrogen) atoms. The van der Waals surface area contributed by atoms with Gasteiger partial charge in [0.05, 0.1) is 13.6 Å². The number of carbonyl (C=O) groups is 1. The fourth-order valence-corrected chi connectivity index (χ4v) is 6.70. The second-order valence-electron chi connectivity index (χ2n) is 13.0. The Labute approximate surface area is 232 Å². The molecule has 4 heteroatoms. The van der Waals surface area contributed by atoms with Crippen molar-refractivity contribution < 1.29 is 15.6 Å². The molecule has 0 saturated carbocycles. The van der Waals surface area contributed by atoms with Gasteiger partial charge in [-0.2, -0.15) is 0 Å². The van der Waals surface area contributed by atoms with Gasteiger partial charge in [-0.05, 0) is 101 Å². The van der Waals surface area contributed by atoms with Gasteiger partial charge in [0, 0.05) is 23.5 Å². The van der Waals surface area contributed by atoms with Crippen LogP contribution in [-0.4, -0.2) is 35.5 Å². The maximum Gasteiger partial charge on any atom is 0.166 e. The third-order valence-corrected chi connectivity index (χ3v) is 9.80. The molecule has 1 heterocycles. The molecule has 2 aromatic carbocycles. The summed E-state index contributed by atoms with van der Waals surface area (Å²) in [7, 11) is 0. The molecular weight excluding hydrogens is 470 g/mol. The van der Waals surface area contributed by atoms with Gasteiger partial charge in [0.15, 0.2) is 17.3 Å². The zero-order valence-electron chi connectivity index (χ0n) is 26.2. The Balaban J connectivity index is 1.61. The molecular formula is C34H49NO3. The molecule has 0 spiro atoms. The van der Waals surface area contributed by atoms with Crippen LogP contribution in [0.5, 0.6) is 11.5 Å². The van der Waals surface area contributed by atoms with Crippen LogP contribution in [0.15, 0.2) is 42.5 Å². The van der Waals surface area contributed by atoms with E-state index in [2.05, 4.69) is 57.7 Å². The molecule has 2 aromatic rings. The van der Waals surface area contributed by atoms with Gasteiger partial charge in [0.2, 0.25) is 0 Å². The van der Waals surface area contributed by atoms with Crippen LogP contribution in [-0.2, 0) is 0 Å². The molecule has 2 aliphatic rings. The van der Waals surface area contributed by atoms with E-state index in [0.29, 0.717) is 5.75 Å². The molecule has 1 fully saturated rings. The molecule has 0 N–H and O–H groups in total. The number of piperidine rings is 1. The molecule has 0 bridgehead atoms. The molecule has 0 aromatic heterocycles. The summed E-state index contributed by atoms with van der Waals surface area (Å²) in [5.74, 6) is 1.64. The van der Waals surface area contributed by atoms with Crippen molar-refractivity contribution in [2.75, 3.05) is 6.54 Å². The molecule has 4 rings (SSSR count). The number of fused-ring (bicyclic) bond motifs is 1.